The summed E-state index contributed by atoms with van der Waals surface area (Å²) in [5, 5.41) is 17.4. The Balaban J connectivity index is 2.19. The van der Waals surface area contributed by atoms with E-state index in [2.05, 4.69) is 29.5 Å². The maximum absolute atomic E-state index is 11.1. The van der Waals surface area contributed by atoms with Crippen LogP contribution >= 0.6 is 0 Å². The van der Waals surface area contributed by atoms with Gasteiger partial charge in [0.25, 0.3) is 0 Å². The van der Waals surface area contributed by atoms with Gasteiger partial charge in [-0.2, -0.15) is 0 Å². The third-order valence-electron chi connectivity index (χ3n) is 3.74. The summed E-state index contributed by atoms with van der Waals surface area (Å²) in [5.74, 6) is 1.04. The monoisotopic (exact) mass is 278 g/mol. The molecule has 1 aliphatic rings. The summed E-state index contributed by atoms with van der Waals surface area (Å²) in [6.45, 7) is 7.16. The van der Waals surface area contributed by atoms with Crippen molar-refractivity contribution in [2.75, 3.05) is 17.2 Å². The molecule has 1 heterocycles. The number of nitro groups is 1. The summed E-state index contributed by atoms with van der Waals surface area (Å²) in [5.41, 5.74) is 0.336. The third kappa shape index (κ3) is 3.37. The number of nitrogens with zero attached hydrogens (tertiary/aromatic N) is 2. The van der Waals surface area contributed by atoms with Crippen molar-refractivity contribution < 1.29 is 4.92 Å². The molecule has 110 valence electrons. The molecule has 1 fully saturated rings. The van der Waals surface area contributed by atoms with Crippen molar-refractivity contribution in [2.45, 2.75) is 46.1 Å². The molecule has 1 unspecified atom stereocenters. The Hall–Kier alpha value is -1.85. The fourth-order valence-electron chi connectivity index (χ4n) is 2.74. The van der Waals surface area contributed by atoms with Crippen LogP contribution in [0.15, 0.2) is 12.1 Å². The van der Waals surface area contributed by atoms with Crippen molar-refractivity contribution in [3.05, 3.63) is 22.2 Å². The van der Waals surface area contributed by atoms with Gasteiger partial charge in [0, 0.05) is 18.7 Å². The normalized spacial score (nSPS) is 20.6. The minimum absolute atomic E-state index is 0.0383. The van der Waals surface area contributed by atoms with Crippen molar-refractivity contribution in [1.29, 1.82) is 0 Å². The Morgan fingerprint density at radius 1 is 1.50 bits per heavy atom. The molecule has 1 aromatic rings. The van der Waals surface area contributed by atoms with Gasteiger partial charge in [0.05, 0.1) is 4.92 Å². The van der Waals surface area contributed by atoms with Crippen LogP contribution in [-0.4, -0.2) is 22.5 Å². The zero-order valence-electron chi connectivity index (χ0n) is 12.3. The van der Waals surface area contributed by atoms with Crippen molar-refractivity contribution in [2.24, 2.45) is 5.41 Å². The molecule has 1 aliphatic carbocycles. The molecule has 1 aromatic heterocycles. The van der Waals surface area contributed by atoms with Crippen LogP contribution in [0.25, 0.3) is 0 Å². The van der Waals surface area contributed by atoms with Crippen molar-refractivity contribution in [3.8, 4) is 0 Å². The van der Waals surface area contributed by atoms with E-state index < -0.39 is 0 Å². The van der Waals surface area contributed by atoms with E-state index in [4.69, 9.17) is 0 Å². The van der Waals surface area contributed by atoms with Crippen molar-refractivity contribution in [1.82, 2.24) is 4.98 Å². The van der Waals surface area contributed by atoms with E-state index in [1.807, 2.05) is 6.92 Å². The van der Waals surface area contributed by atoms with E-state index in [9.17, 15) is 10.1 Å². The zero-order chi connectivity index (χ0) is 14.8. The van der Waals surface area contributed by atoms with Gasteiger partial charge in [0.2, 0.25) is 5.82 Å². The lowest BCUT2D eigenvalue weighted by molar-refractivity contribution is -0.384. The molecule has 0 aromatic carbocycles. The lowest BCUT2D eigenvalue weighted by atomic mass is 9.92. The molecular formula is C14H22N4O2. The predicted molar refractivity (Wildman–Crippen MR) is 80.1 cm³/mol. The first kappa shape index (κ1) is 14.6. The highest BCUT2D eigenvalue weighted by atomic mass is 16.6. The average molecular weight is 278 g/mol. The molecular weight excluding hydrogens is 256 g/mol. The molecule has 0 aliphatic heterocycles. The SMILES string of the molecule is CCNc1ccc([N+](=O)[O-])c(NC2CCC(C)(C)C2)n1. The molecule has 6 heteroatoms. The average Bonchev–Trinajstić information content (AvgIpc) is 2.69. The highest BCUT2D eigenvalue weighted by Crippen LogP contribution is 2.39. The molecule has 2 N–H and O–H groups in total. The van der Waals surface area contributed by atoms with Crippen molar-refractivity contribution >= 4 is 17.3 Å². The number of aromatic nitrogens is 1. The van der Waals surface area contributed by atoms with Gasteiger partial charge in [-0.3, -0.25) is 10.1 Å². The second-order valence-corrected chi connectivity index (χ2v) is 6.10. The number of nitrogens with one attached hydrogen (secondary N) is 2. The van der Waals surface area contributed by atoms with Crippen LogP contribution < -0.4 is 10.6 Å². The predicted octanol–water partition coefficient (Wildman–Crippen LogP) is 3.41. The maximum atomic E-state index is 11.1. The second-order valence-electron chi connectivity index (χ2n) is 6.10. The van der Waals surface area contributed by atoms with Crippen LogP contribution in [0.3, 0.4) is 0 Å². The quantitative estimate of drug-likeness (QED) is 0.637. The number of pyridine rings is 1. The van der Waals surface area contributed by atoms with Gasteiger partial charge >= 0.3 is 5.69 Å². The van der Waals surface area contributed by atoms with Gasteiger partial charge in [0.1, 0.15) is 5.82 Å². The number of hydrogen-bond acceptors (Lipinski definition) is 5. The summed E-state index contributed by atoms with van der Waals surface area (Å²) >= 11 is 0. The minimum Gasteiger partial charge on any atom is -0.370 e. The first-order chi connectivity index (χ1) is 9.41. The topological polar surface area (TPSA) is 80.1 Å². The van der Waals surface area contributed by atoms with E-state index in [1.165, 1.54) is 6.07 Å². The lowest BCUT2D eigenvalue weighted by Gasteiger charge is -2.18. The van der Waals surface area contributed by atoms with Gasteiger partial charge in [0.15, 0.2) is 0 Å². The van der Waals surface area contributed by atoms with Gasteiger partial charge < -0.3 is 10.6 Å². The van der Waals surface area contributed by atoms with Crippen LogP contribution in [-0.2, 0) is 0 Å². The van der Waals surface area contributed by atoms with Crippen molar-refractivity contribution in [3.63, 3.8) is 0 Å². The molecule has 0 saturated heterocycles. The summed E-state index contributed by atoms with van der Waals surface area (Å²) < 4.78 is 0. The Morgan fingerprint density at radius 2 is 2.25 bits per heavy atom. The second kappa shape index (κ2) is 5.64. The van der Waals surface area contributed by atoms with E-state index in [1.54, 1.807) is 6.07 Å². The third-order valence-corrected chi connectivity index (χ3v) is 3.74. The largest absolute Gasteiger partial charge is 0.370 e. The molecule has 1 saturated carbocycles. The Bertz CT molecular complexity index is 502. The van der Waals surface area contributed by atoms with Gasteiger partial charge in [-0.25, -0.2) is 4.98 Å². The van der Waals surface area contributed by atoms with E-state index in [0.717, 1.165) is 25.8 Å². The first-order valence-corrected chi connectivity index (χ1v) is 7.07. The zero-order valence-corrected chi connectivity index (χ0v) is 12.3. The molecule has 20 heavy (non-hydrogen) atoms. The fourth-order valence-corrected chi connectivity index (χ4v) is 2.74. The van der Waals surface area contributed by atoms with E-state index in [0.29, 0.717) is 17.1 Å². The molecule has 1 atom stereocenters. The molecule has 0 radical (unpaired) electrons. The number of hydrogen-bond donors (Lipinski definition) is 2. The first-order valence-electron chi connectivity index (χ1n) is 7.07. The maximum Gasteiger partial charge on any atom is 0.311 e. The Morgan fingerprint density at radius 3 is 2.80 bits per heavy atom. The smallest absolute Gasteiger partial charge is 0.311 e. The number of rotatable bonds is 5. The molecule has 2 rings (SSSR count). The summed E-state index contributed by atoms with van der Waals surface area (Å²) in [6, 6.07) is 3.41. The minimum atomic E-state index is -0.384. The van der Waals surface area contributed by atoms with E-state index in [-0.39, 0.29) is 16.7 Å². The fraction of sp³-hybridized carbons (Fsp3) is 0.643. The summed E-state index contributed by atoms with van der Waals surface area (Å²) in [6.07, 6.45) is 3.17. The van der Waals surface area contributed by atoms with Crippen LogP contribution in [0, 0.1) is 15.5 Å². The lowest BCUT2D eigenvalue weighted by Crippen LogP contribution is -2.19. The molecule has 6 nitrogen and oxygen atoms in total. The summed E-state index contributed by atoms with van der Waals surface area (Å²) in [4.78, 5) is 15.0. The van der Waals surface area contributed by atoms with Crippen LogP contribution in [0.5, 0.6) is 0 Å². The molecule has 0 amide bonds. The number of anilines is 2. The highest BCUT2D eigenvalue weighted by molar-refractivity contribution is 5.60. The molecule has 0 spiro atoms. The van der Waals surface area contributed by atoms with E-state index >= 15 is 0 Å². The van der Waals surface area contributed by atoms with Gasteiger partial charge in [-0.05, 0) is 37.7 Å². The summed E-state index contributed by atoms with van der Waals surface area (Å²) in [7, 11) is 0. The van der Waals surface area contributed by atoms with Crippen LogP contribution in [0.2, 0.25) is 0 Å². The van der Waals surface area contributed by atoms with Crippen LogP contribution in [0.1, 0.15) is 40.0 Å². The van der Waals surface area contributed by atoms with Gasteiger partial charge in [-0.15, -0.1) is 0 Å². The highest BCUT2D eigenvalue weighted by Gasteiger charge is 2.32. The Kier molecular flexibility index (Phi) is 4.11. The van der Waals surface area contributed by atoms with Gasteiger partial charge in [-0.1, -0.05) is 13.8 Å². The Labute approximate surface area is 119 Å². The standard InChI is InChI=1S/C14H22N4O2/c1-4-15-12-6-5-11(18(19)20)13(17-12)16-10-7-8-14(2,3)9-10/h5-6,10H,4,7-9H2,1-3H3,(H2,15,16,17). The molecule has 0 bridgehead atoms. The van der Waals surface area contributed by atoms with Crippen LogP contribution in [0.4, 0.5) is 17.3 Å².